The molecule has 1 atom stereocenters. The lowest BCUT2D eigenvalue weighted by Crippen LogP contribution is -2.47. The van der Waals surface area contributed by atoms with E-state index in [0.29, 0.717) is 6.04 Å². The summed E-state index contributed by atoms with van der Waals surface area (Å²) in [4.78, 5) is 14.0. The highest BCUT2D eigenvalue weighted by Crippen LogP contribution is 2.32. The Morgan fingerprint density at radius 3 is 2.06 bits per heavy atom. The molecule has 1 unspecified atom stereocenters. The van der Waals surface area contributed by atoms with E-state index >= 15 is 0 Å². The highest BCUT2D eigenvalue weighted by Gasteiger charge is 2.33. The normalized spacial score (nSPS) is 31.3. The summed E-state index contributed by atoms with van der Waals surface area (Å²) in [6.07, 6.45) is 7.35. The molecular formula is C13H25N3O. The molecule has 0 aromatic carbocycles. The molecule has 2 aliphatic carbocycles. The van der Waals surface area contributed by atoms with Gasteiger partial charge in [-0.1, -0.05) is 0 Å². The van der Waals surface area contributed by atoms with Crippen LogP contribution >= 0.6 is 0 Å². The zero-order chi connectivity index (χ0) is 12.4. The second-order valence-electron chi connectivity index (χ2n) is 5.70. The van der Waals surface area contributed by atoms with Gasteiger partial charge in [-0.25, -0.2) is 0 Å². The number of rotatable bonds is 4. The quantitative estimate of drug-likeness (QED) is 0.765. The SMILES string of the molecule is CC(N)C(=O)NC1CCC(N(C)C2CC2)CC1. The van der Waals surface area contributed by atoms with Crippen LogP contribution in [0.1, 0.15) is 45.4 Å². The van der Waals surface area contributed by atoms with Gasteiger partial charge < -0.3 is 16.0 Å². The second kappa shape index (κ2) is 5.36. The van der Waals surface area contributed by atoms with E-state index in [-0.39, 0.29) is 11.9 Å². The molecule has 1 amide bonds. The second-order valence-corrected chi connectivity index (χ2v) is 5.70. The molecule has 0 radical (unpaired) electrons. The average Bonchev–Trinajstić information content (AvgIpc) is 3.13. The number of nitrogens with two attached hydrogens (primary N) is 1. The van der Waals surface area contributed by atoms with Gasteiger partial charge in [-0.2, -0.15) is 0 Å². The van der Waals surface area contributed by atoms with Crippen LogP contribution in [0.15, 0.2) is 0 Å². The third kappa shape index (κ3) is 3.42. The Hall–Kier alpha value is -0.610. The van der Waals surface area contributed by atoms with E-state index in [4.69, 9.17) is 5.73 Å². The Balaban J connectivity index is 1.72. The molecule has 0 saturated heterocycles. The maximum Gasteiger partial charge on any atom is 0.236 e. The zero-order valence-electron chi connectivity index (χ0n) is 11.0. The predicted molar refractivity (Wildman–Crippen MR) is 68.6 cm³/mol. The first-order valence-electron chi connectivity index (χ1n) is 6.86. The van der Waals surface area contributed by atoms with E-state index in [1.54, 1.807) is 6.92 Å². The first-order chi connectivity index (χ1) is 8.08. The number of nitrogens with one attached hydrogen (secondary N) is 1. The van der Waals surface area contributed by atoms with Crippen LogP contribution in [-0.2, 0) is 4.79 Å². The molecule has 0 spiro atoms. The number of nitrogens with zero attached hydrogens (tertiary/aromatic N) is 1. The minimum Gasteiger partial charge on any atom is -0.352 e. The first-order valence-corrected chi connectivity index (χ1v) is 6.86. The fourth-order valence-corrected chi connectivity index (χ4v) is 2.74. The van der Waals surface area contributed by atoms with Crippen molar-refractivity contribution in [2.45, 2.75) is 69.6 Å². The van der Waals surface area contributed by atoms with Crippen LogP contribution in [0.3, 0.4) is 0 Å². The van der Waals surface area contributed by atoms with Crippen molar-refractivity contribution < 1.29 is 4.79 Å². The van der Waals surface area contributed by atoms with Gasteiger partial charge in [0.2, 0.25) is 5.91 Å². The van der Waals surface area contributed by atoms with Gasteiger partial charge in [-0.15, -0.1) is 0 Å². The fourth-order valence-electron chi connectivity index (χ4n) is 2.74. The van der Waals surface area contributed by atoms with Crippen LogP contribution in [0, 0.1) is 0 Å². The number of carbonyl (C=O) groups excluding carboxylic acids is 1. The van der Waals surface area contributed by atoms with Crippen LogP contribution in [0.5, 0.6) is 0 Å². The maximum atomic E-state index is 11.5. The van der Waals surface area contributed by atoms with Crippen LogP contribution in [0.2, 0.25) is 0 Å². The van der Waals surface area contributed by atoms with Gasteiger partial charge in [0.05, 0.1) is 6.04 Å². The summed E-state index contributed by atoms with van der Waals surface area (Å²) in [5.41, 5.74) is 5.56. The van der Waals surface area contributed by atoms with Crippen LogP contribution < -0.4 is 11.1 Å². The van der Waals surface area contributed by atoms with Gasteiger partial charge in [-0.05, 0) is 52.5 Å². The zero-order valence-corrected chi connectivity index (χ0v) is 11.0. The summed E-state index contributed by atoms with van der Waals surface area (Å²) in [6.45, 7) is 1.74. The first kappa shape index (κ1) is 12.8. The summed E-state index contributed by atoms with van der Waals surface area (Å²) in [5, 5.41) is 3.04. The lowest BCUT2D eigenvalue weighted by Gasteiger charge is -2.35. The van der Waals surface area contributed by atoms with Gasteiger partial charge in [-0.3, -0.25) is 4.79 Å². The third-order valence-electron chi connectivity index (χ3n) is 4.16. The van der Waals surface area contributed by atoms with Gasteiger partial charge in [0, 0.05) is 18.1 Å². The molecule has 2 aliphatic rings. The van der Waals surface area contributed by atoms with Gasteiger partial charge in [0.1, 0.15) is 0 Å². The summed E-state index contributed by atoms with van der Waals surface area (Å²) in [6, 6.07) is 1.53. The average molecular weight is 239 g/mol. The molecule has 0 aliphatic heterocycles. The monoisotopic (exact) mass is 239 g/mol. The lowest BCUT2D eigenvalue weighted by molar-refractivity contribution is -0.123. The van der Waals surface area contributed by atoms with Crippen molar-refractivity contribution in [2.24, 2.45) is 5.73 Å². The topological polar surface area (TPSA) is 58.4 Å². The van der Waals surface area contributed by atoms with E-state index in [1.807, 2.05) is 0 Å². The molecule has 2 fully saturated rings. The number of hydrogen-bond donors (Lipinski definition) is 2. The van der Waals surface area contributed by atoms with Crippen molar-refractivity contribution >= 4 is 5.91 Å². The van der Waals surface area contributed by atoms with Crippen molar-refractivity contribution in [1.29, 1.82) is 0 Å². The molecule has 4 nitrogen and oxygen atoms in total. The molecule has 17 heavy (non-hydrogen) atoms. The largest absolute Gasteiger partial charge is 0.352 e. The standard InChI is InChI=1S/C13H25N3O/c1-9(14)13(17)15-10-3-5-11(6-4-10)16(2)12-7-8-12/h9-12H,3-8,14H2,1-2H3,(H,15,17). The van der Waals surface area contributed by atoms with E-state index in [1.165, 1.54) is 25.7 Å². The molecule has 0 heterocycles. The number of hydrogen-bond acceptors (Lipinski definition) is 3. The smallest absolute Gasteiger partial charge is 0.236 e. The molecular weight excluding hydrogens is 214 g/mol. The molecule has 0 bridgehead atoms. The van der Waals surface area contributed by atoms with E-state index in [9.17, 15) is 4.79 Å². The molecule has 2 saturated carbocycles. The molecule has 0 aromatic rings. The Kier molecular flexibility index (Phi) is 4.05. The van der Waals surface area contributed by atoms with Gasteiger partial charge >= 0.3 is 0 Å². The fraction of sp³-hybridized carbons (Fsp3) is 0.923. The van der Waals surface area contributed by atoms with Crippen molar-refractivity contribution in [1.82, 2.24) is 10.2 Å². The van der Waals surface area contributed by atoms with Crippen molar-refractivity contribution in [3.05, 3.63) is 0 Å². The number of carbonyl (C=O) groups is 1. The van der Waals surface area contributed by atoms with Gasteiger partial charge in [0.15, 0.2) is 0 Å². The minimum absolute atomic E-state index is 0.0102. The highest BCUT2D eigenvalue weighted by atomic mass is 16.2. The summed E-state index contributed by atoms with van der Waals surface area (Å²) >= 11 is 0. The molecule has 98 valence electrons. The lowest BCUT2D eigenvalue weighted by atomic mass is 9.90. The Morgan fingerprint density at radius 1 is 1.18 bits per heavy atom. The van der Waals surface area contributed by atoms with Crippen molar-refractivity contribution in [3.63, 3.8) is 0 Å². The Morgan fingerprint density at radius 2 is 1.65 bits per heavy atom. The van der Waals surface area contributed by atoms with Crippen molar-refractivity contribution in [3.8, 4) is 0 Å². The molecule has 4 heteroatoms. The Bertz CT molecular complexity index is 268. The molecule has 3 N–H and O–H groups in total. The summed E-state index contributed by atoms with van der Waals surface area (Å²) in [7, 11) is 2.25. The predicted octanol–water partition coefficient (Wildman–Crippen LogP) is 0.855. The van der Waals surface area contributed by atoms with Crippen LogP contribution in [-0.4, -0.2) is 42.0 Å². The molecule has 2 rings (SSSR count). The highest BCUT2D eigenvalue weighted by molar-refractivity contribution is 5.81. The van der Waals surface area contributed by atoms with E-state index < -0.39 is 0 Å². The van der Waals surface area contributed by atoms with E-state index in [2.05, 4.69) is 17.3 Å². The number of amides is 1. The summed E-state index contributed by atoms with van der Waals surface area (Å²) in [5.74, 6) is -0.0102. The van der Waals surface area contributed by atoms with Gasteiger partial charge in [0.25, 0.3) is 0 Å². The summed E-state index contributed by atoms with van der Waals surface area (Å²) < 4.78 is 0. The third-order valence-corrected chi connectivity index (χ3v) is 4.16. The van der Waals surface area contributed by atoms with E-state index in [0.717, 1.165) is 24.9 Å². The minimum atomic E-state index is -0.387. The maximum absolute atomic E-state index is 11.5. The van der Waals surface area contributed by atoms with Crippen LogP contribution in [0.4, 0.5) is 0 Å². The Labute approximate surface area is 104 Å². The van der Waals surface area contributed by atoms with Crippen molar-refractivity contribution in [2.75, 3.05) is 7.05 Å². The molecule has 0 aromatic heterocycles. The van der Waals surface area contributed by atoms with Crippen LogP contribution in [0.25, 0.3) is 0 Å².